The zero-order valence-electron chi connectivity index (χ0n) is 24.3. The van der Waals surface area contributed by atoms with Crippen LogP contribution in [0.3, 0.4) is 0 Å². The van der Waals surface area contributed by atoms with Gasteiger partial charge < -0.3 is 21.5 Å². The smallest absolute Gasteiger partial charge is 0.336 e. The Labute approximate surface area is 246 Å². The number of anilines is 1. The number of nitrogens with two attached hydrogens (primary N) is 1. The van der Waals surface area contributed by atoms with Gasteiger partial charge in [0.05, 0.1) is 11.6 Å². The average Bonchev–Trinajstić information content (AvgIpc) is 2.96. The van der Waals surface area contributed by atoms with Crippen LogP contribution in [0.5, 0.6) is 0 Å². The number of carbonyl (C=O) groups is 2. The third-order valence-electron chi connectivity index (χ3n) is 7.88. The third-order valence-corrected chi connectivity index (χ3v) is 7.88. The largest absolute Gasteiger partial charge is 0.478 e. The Hall–Kier alpha value is -4.91. The van der Waals surface area contributed by atoms with Gasteiger partial charge in [-0.05, 0) is 91.4 Å². The van der Waals surface area contributed by atoms with Crippen LogP contribution in [0.25, 0.3) is 11.1 Å². The molecule has 42 heavy (non-hydrogen) atoms. The quantitative estimate of drug-likeness (QED) is 0.132. The standard InChI is InChI=1S/C35H36N4O3/c1-34(2,3)39-32(40)24-13-15-26(27(18-24)33(41)42)21-9-8-10-22(17-21)30-20-35(4,25-11-6-5-7-12-25)28-19-23(31(36)37)14-16-29(28)38-30/h5-19,30,38H,20H2,1-4H3,(H3,36,37)(H,39,40)(H,41,42). The summed E-state index contributed by atoms with van der Waals surface area (Å²) in [6.45, 7) is 7.86. The van der Waals surface area contributed by atoms with E-state index in [0.29, 0.717) is 16.7 Å². The highest BCUT2D eigenvalue weighted by Gasteiger charge is 2.39. The number of fused-ring (bicyclic) bond motifs is 1. The maximum absolute atomic E-state index is 12.7. The maximum atomic E-state index is 12.7. The summed E-state index contributed by atoms with van der Waals surface area (Å²) in [5.41, 5.74) is 11.6. The first-order valence-corrected chi connectivity index (χ1v) is 14.0. The van der Waals surface area contributed by atoms with Crippen LogP contribution in [0.4, 0.5) is 5.69 Å². The normalized spacial score (nSPS) is 18.0. The lowest BCUT2D eigenvalue weighted by molar-refractivity contribution is 0.0697. The van der Waals surface area contributed by atoms with E-state index in [1.54, 1.807) is 12.1 Å². The van der Waals surface area contributed by atoms with Gasteiger partial charge in [0.2, 0.25) is 0 Å². The lowest BCUT2D eigenvalue weighted by atomic mass is 9.68. The number of rotatable bonds is 6. The molecular formula is C35H36N4O3. The molecule has 0 saturated carbocycles. The molecule has 1 aliphatic rings. The Kier molecular flexibility index (Phi) is 7.37. The number of aromatic carboxylic acids is 1. The first-order chi connectivity index (χ1) is 19.9. The van der Waals surface area contributed by atoms with Crippen LogP contribution in [0.15, 0.2) is 91.0 Å². The Bertz CT molecular complexity index is 1690. The molecule has 1 aliphatic heterocycles. The minimum Gasteiger partial charge on any atom is -0.478 e. The lowest BCUT2D eigenvalue weighted by Gasteiger charge is -2.42. The van der Waals surface area contributed by atoms with E-state index >= 15 is 0 Å². The SMILES string of the molecule is CC(C)(C)NC(=O)c1ccc(-c2cccc(C3CC(C)(c4ccccc4)c4cc(C(=N)N)ccc4N3)c2)c(C(=O)O)c1. The van der Waals surface area contributed by atoms with Gasteiger partial charge in [-0.15, -0.1) is 0 Å². The lowest BCUT2D eigenvalue weighted by Crippen LogP contribution is -2.40. The second-order valence-corrected chi connectivity index (χ2v) is 12.2. The molecule has 0 radical (unpaired) electrons. The summed E-state index contributed by atoms with van der Waals surface area (Å²) in [6, 6.07) is 28.8. The summed E-state index contributed by atoms with van der Waals surface area (Å²) in [6.07, 6.45) is 0.729. The zero-order valence-corrected chi connectivity index (χ0v) is 24.3. The van der Waals surface area contributed by atoms with E-state index in [4.69, 9.17) is 11.1 Å². The minimum absolute atomic E-state index is 0.0270. The first kappa shape index (κ1) is 28.6. The maximum Gasteiger partial charge on any atom is 0.336 e. The van der Waals surface area contributed by atoms with Gasteiger partial charge in [-0.2, -0.15) is 0 Å². The summed E-state index contributed by atoms with van der Waals surface area (Å²) in [5, 5.41) is 24.6. The number of carbonyl (C=O) groups excluding carboxylic acids is 1. The number of carboxylic acid groups (broad SMARTS) is 1. The number of carboxylic acids is 1. The van der Waals surface area contributed by atoms with Crippen molar-refractivity contribution in [2.24, 2.45) is 5.73 Å². The fourth-order valence-corrected chi connectivity index (χ4v) is 5.78. The fraction of sp³-hybridized carbons (Fsp3) is 0.229. The van der Waals surface area contributed by atoms with Gasteiger partial charge >= 0.3 is 5.97 Å². The molecule has 1 heterocycles. The highest BCUT2D eigenvalue weighted by molar-refractivity contribution is 6.01. The van der Waals surface area contributed by atoms with Gasteiger partial charge in [-0.1, -0.05) is 61.5 Å². The molecule has 6 N–H and O–H groups in total. The van der Waals surface area contributed by atoms with E-state index in [0.717, 1.165) is 34.4 Å². The Morgan fingerprint density at radius 3 is 2.33 bits per heavy atom. The molecule has 0 aromatic heterocycles. The Balaban J connectivity index is 1.55. The molecule has 0 fully saturated rings. The van der Waals surface area contributed by atoms with Gasteiger partial charge in [0.25, 0.3) is 5.91 Å². The predicted octanol–water partition coefficient (Wildman–Crippen LogP) is 6.73. The Morgan fingerprint density at radius 2 is 1.67 bits per heavy atom. The van der Waals surface area contributed by atoms with E-state index in [9.17, 15) is 14.7 Å². The van der Waals surface area contributed by atoms with E-state index < -0.39 is 11.5 Å². The molecule has 2 unspecified atom stereocenters. The molecule has 0 saturated heterocycles. The van der Waals surface area contributed by atoms with Crippen molar-refractivity contribution in [2.75, 3.05) is 5.32 Å². The summed E-state index contributed by atoms with van der Waals surface area (Å²) >= 11 is 0. The van der Waals surface area contributed by atoms with Crippen molar-refractivity contribution in [1.29, 1.82) is 5.41 Å². The van der Waals surface area contributed by atoms with Crippen molar-refractivity contribution in [1.82, 2.24) is 5.32 Å². The van der Waals surface area contributed by atoms with Gasteiger partial charge in [0.15, 0.2) is 0 Å². The number of hydrogen-bond acceptors (Lipinski definition) is 4. The van der Waals surface area contributed by atoms with Crippen LogP contribution >= 0.6 is 0 Å². The van der Waals surface area contributed by atoms with Crippen LogP contribution in [-0.2, 0) is 5.41 Å². The number of benzene rings is 4. The van der Waals surface area contributed by atoms with Gasteiger partial charge in [-0.3, -0.25) is 10.2 Å². The van der Waals surface area contributed by atoms with Crippen LogP contribution in [0, 0.1) is 5.41 Å². The van der Waals surface area contributed by atoms with Crippen molar-refractivity contribution in [3.63, 3.8) is 0 Å². The van der Waals surface area contributed by atoms with Crippen LogP contribution in [0.1, 0.15) is 83.1 Å². The minimum atomic E-state index is -1.09. The van der Waals surface area contributed by atoms with Gasteiger partial charge in [0.1, 0.15) is 5.84 Å². The summed E-state index contributed by atoms with van der Waals surface area (Å²) < 4.78 is 0. The fourth-order valence-electron chi connectivity index (χ4n) is 5.78. The van der Waals surface area contributed by atoms with E-state index in [2.05, 4.69) is 29.7 Å². The van der Waals surface area contributed by atoms with Crippen LogP contribution in [-0.4, -0.2) is 28.4 Å². The molecule has 0 aliphatic carbocycles. The molecule has 5 rings (SSSR count). The number of amides is 1. The van der Waals surface area contributed by atoms with Gasteiger partial charge in [0, 0.05) is 27.8 Å². The van der Waals surface area contributed by atoms with E-state index in [1.165, 1.54) is 6.07 Å². The van der Waals surface area contributed by atoms with Crippen molar-refractivity contribution in [3.05, 3.63) is 124 Å². The first-order valence-electron chi connectivity index (χ1n) is 14.0. The summed E-state index contributed by atoms with van der Waals surface area (Å²) in [5.74, 6) is -1.38. The molecular weight excluding hydrogens is 524 g/mol. The molecule has 7 heteroatoms. The van der Waals surface area contributed by atoms with Crippen molar-refractivity contribution < 1.29 is 14.7 Å². The van der Waals surface area contributed by atoms with E-state index in [1.807, 2.05) is 81.4 Å². The predicted molar refractivity (Wildman–Crippen MR) is 167 cm³/mol. The highest BCUT2D eigenvalue weighted by atomic mass is 16.4. The van der Waals surface area contributed by atoms with Crippen molar-refractivity contribution in [3.8, 4) is 11.1 Å². The van der Waals surface area contributed by atoms with Crippen molar-refractivity contribution >= 4 is 23.4 Å². The van der Waals surface area contributed by atoms with Crippen molar-refractivity contribution in [2.45, 2.75) is 51.1 Å². The molecule has 0 bridgehead atoms. The molecule has 4 aromatic rings. The third kappa shape index (κ3) is 5.63. The highest BCUT2D eigenvalue weighted by Crippen LogP contribution is 2.48. The van der Waals surface area contributed by atoms with Crippen LogP contribution < -0.4 is 16.4 Å². The number of amidine groups is 1. The zero-order chi connectivity index (χ0) is 30.2. The molecule has 2 atom stereocenters. The second-order valence-electron chi connectivity index (χ2n) is 12.2. The number of nitrogen functional groups attached to an aromatic ring is 1. The molecule has 4 aromatic carbocycles. The molecule has 0 spiro atoms. The van der Waals surface area contributed by atoms with Gasteiger partial charge in [-0.25, -0.2) is 4.79 Å². The molecule has 7 nitrogen and oxygen atoms in total. The average molecular weight is 561 g/mol. The number of hydrogen-bond donors (Lipinski definition) is 5. The van der Waals surface area contributed by atoms with E-state index in [-0.39, 0.29) is 28.8 Å². The Morgan fingerprint density at radius 1 is 0.952 bits per heavy atom. The molecule has 214 valence electrons. The topological polar surface area (TPSA) is 128 Å². The summed E-state index contributed by atoms with van der Waals surface area (Å²) in [4.78, 5) is 25.1. The number of nitrogens with one attached hydrogen (secondary N) is 3. The summed E-state index contributed by atoms with van der Waals surface area (Å²) in [7, 11) is 0. The molecule has 1 amide bonds. The van der Waals surface area contributed by atoms with Crippen LogP contribution in [0.2, 0.25) is 0 Å². The monoisotopic (exact) mass is 560 g/mol. The second kappa shape index (κ2) is 10.8.